The maximum atomic E-state index is 11.6. The molecule has 0 aromatic rings. The minimum absolute atomic E-state index is 0.117. The fraction of sp³-hybridized carbons (Fsp3) is 0.909. The predicted octanol–water partition coefficient (Wildman–Crippen LogP) is 2.10. The summed E-state index contributed by atoms with van der Waals surface area (Å²) >= 11 is 1.67. The van der Waals surface area contributed by atoms with E-state index in [4.69, 9.17) is 9.47 Å². The van der Waals surface area contributed by atoms with Gasteiger partial charge in [-0.3, -0.25) is 4.79 Å². The molecule has 1 rings (SSSR count). The van der Waals surface area contributed by atoms with Crippen LogP contribution in [0.1, 0.15) is 27.2 Å². The van der Waals surface area contributed by atoms with Crippen LogP contribution in [0.25, 0.3) is 0 Å². The SMILES string of the molecule is CCOC(=O)C(C)(C)SC[C@H]1CCOC1. The van der Waals surface area contributed by atoms with Crippen LogP contribution in [0.4, 0.5) is 0 Å². The average Bonchev–Trinajstić information content (AvgIpc) is 2.68. The predicted molar refractivity (Wildman–Crippen MR) is 62.1 cm³/mol. The monoisotopic (exact) mass is 232 g/mol. The highest BCUT2D eigenvalue weighted by molar-refractivity contribution is 8.01. The Bertz CT molecular complexity index is 210. The van der Waals surface area contributed by atoms with Crippen molar-refractivity contribution in [2.24, 2.45) is 5.92 Å². The molecule has 3 nitrogen and oxygen atoms in total. The van der Waals surface area contributed by atoms with Crippen molar-refractivity contribution in [2.75, 3.05) is 25.6 Å². The van der Waals surface area contributed by atoms with E-state index >= 15 is 0 Å². The molecule has 0 spiro atoms. The van der Waals surface area contributed by atoms with E-state index in [1.54, 1.807) is 11.8 Å². The number of hydrogen-bond donors (Lipinski definition) is 0. The molecule has 0 aromatic carbocycles. The van der Waals surface area contributed by atoms with Crippen LogP contribution in [0.2, 0.25) is 0 Å². The van der Waals surface area contributed by atoms with Crippen molar-refractivity contribution in [1.82, 2.24) is 0 Å². The smallest absolute Gasteiger partial charge is 0.321 e. The quantitative estimate of drug-likeness (QED) is 0.680. The molecule has 0 radical (unpaired) electrons. The highest BCUT2D eigenvalue weighted by Gasteiger charge is 2.31. The molecule has 1 saturated heterocycles. The first-order chi connectivity index (χ1) is 7.06. The standard InChI is InChI=1S/C11H20O3S/c1-4-14-10(12)11(2,3)15-8-9-5-6-13-7-9/h9H,4-8H2,1-3H3/t9-/m0/s1. The maximum Gasteiger partial charge on any atom is 0.321 e. The summed E-state index contributed by atoms with van der Waals surface area (Å²) in [7, 11) is 0. The third-order valence-corrected chi connectivity index (χ3v) is 4.00. The number of carbonyl (C=O) groups excluding carboxylic acids is 1. The van der Waals surface area contributed by atoms with Gasteiger partial charge in [0, 0.05) is 6.61 Å². The lowest BCUT2D eigenvalue weighted by molar-refractivity contribution is -0.145. The molecular weight excluding hydrogens is 212 g/mol. The molecule has 15 heavy (non-hydrogen) atoms. The van der Waals surface area contributed by atoms with E-state index < -0.39 is 4.75 Å². The van der Waals surface area contributed by atoms with Gasteiger partial charge in [-0.25, -0.2) is 0 Å². The zero-order valence-electron chi connectivity index (χ0n) is 9.75. The van der Waals surface area contributed by atoms with Gasteiger partial charge in [0.1, 0.15) is 4.75 Å². The molecule has 0 saturated carbocycles. The zero-order chi connectivity index (χ0) is 11.3. The van der Waals surface area contributed by atoms with Crippen LogP contribution in [0.3, 0.4) is 0 Å². The molecule has 0 aliphatic carbocycles. The molecule has 1 heterocycles. The Labute approximate surface area is 95.9 Å². The second kappa shape index (κ2) is 5.75. The summed E-state index contributed by atoms with van der Waals surface area (Å²) < 4.78 is 9.90. The molecule has 0 amide bonds. The van der Waals surface area contributed by atoms with E-state index in [0.29, 0.717) is 12.5 Å². The molecule has 1 fully saturated rings. The molecule has 4 heteroatoms. The lowest BCUT2D eigenvalue weighted by Crippen LogP contribution is -2.31. The van der Waals surface area contributed by atoms with E-state index in [0.717, 1.165) is 25.4 Å². The van der Waals surface area contributed by atoms with Crippen molar-refractivity contribution < 1.29 is 14.3 Å². The van der Waals surface area contributed by atoms with Crippen molar-refractivity contribution >= 4 is 17.7 Å². The minimum atomic E-state index is -0.432. The summed E-state index contributed by atoms with van der Waals surface area (Å²) in [6.45, 7) is 7.84. The molecule has 0 aromatic heterocycles. The lowest BCUT2D eigenvalue weighted by atomic mass is 10.2. The first kappa shape index (κ1) is 12.8. The number of rotatable bonds is 5. The second-order valence-corrected chi connectivity index (χ2v) is 5.91. The van der Waals surface area contributed by atoms with E-state index in [9.17, 15) is 4.79 Å². The molecule has 0 bridgehead atoms. The maximum absolute atomic E-state index is 11.6. The van der Waals surface area contributed by atoms with Crippen molar-refractivity contribution in [3.63, 3.8) is 0 Å². The van der Waals surface area contributed by atoms with Gasteiger partial charge in [0.2, 0.25) is 0 Å². The summed E-state index contributed by atoms with van der Waals surface area (Å²) in [6, 6.07) is 0. The molecule has 88 valence electrons. The van der Waals surface area contributed by atoms with Gasteiger partial charge in [-0.15, -0.1) is 11.8 Å². The van der Waals surface area contributed by atoms with Gasteiger partial charge in [0.05, 0.1) is 13.2 Å². The highest BCUT2D eigenvalue weighted by atomic mass is 32.2. The Morgan fingerprint density at radius 3 is 2.87 bits per heavy atom. The molecule has 0 unspecified atom stereocenters. The fourth-order valence-electron chi connectivity index (χ4n) is 1.40. The number of esters is 1. The second-order valence-electron chi connectivity index (χ2n) is 4.27. The summed E-state index contributed by atoms with van der Waals surface area (Å²) in [5, 5.41) is 0. The van der Waals surface area contributed by atoms with Gasteiger partial charge in [-0.05, 0) is 38.9 Å². The van der Waals surface area contributed by atoms with Gasteiger partial charge in [0.15, 0.2) is 0 Å². The van der Waals surface area contributed by atoms with Crippen LogP contribution in [0, 0.1) is 5.92 Å². The van der Waals surface area contributed by atoms with Crippen LogP contribution in [-0.4, -0.2) is 36.3 Å². The Morgan fingerprint density at radius 2 is 2.33 bits per heavy atom. The summed E-state index contributed by atoms with van der Waals surface area (Å²) in [5.41, 5.74) is 0. The Kier molecular flexibility index (Phi) is 4.93. The first-order valence-electron chi connectivity index (χ1n) is 5.45. The van der Waals surface area contributed by atoms with Crippen LogP contribution >= 0.6 is 11.8 Å². The zero-order valence-corrected chi connectivity index (χ0v) is 10.6. The minimum Gasteiger partial charge on any atom is -0.465 e. The Balaban J connectivity index is 2.30. The first-order valence-corrected chi connectivity index (χ1v) is 6.43. The average molecular weight is 232 g/mol. The van der Waals surface area contributed by atoms with Gasteiger partial charge in [-0.1, -0.05) is 0 Å². The fourth-order valence-corrected chi connectivity index (χ4v) is 2.50. The van der Waals surface area contributed by atoms with Crippen molar-refractivity contribution in [3.05, 3.63) is 0 Å². The Hall–Kier alpha value is -0.220. The van der Waals surface area contributed by atoms with Gasteiger partial charge < -0.3 is 9.47 Å². The number of carbonyl (C=O) groups is 1. The summed E-state index contributed by atoms with van der Waals surface area (Å²) in [6.07, 6.45) is 1.12. The van der Waals surface area contributed by atoms with Crippen molar-refractivity contribution in [1.29, 1.82) is 0 Å². The van der Waals surface area contributed by atoms with Crippen LogP contribution < -0.4 is 0 Å². The lowest BCUT2D eigenvalue weighted by Gasteiger charge is -2.22. The van der Waals surface area contributed by atoms with E-state index in [1.807, 2.05) is 20.8 Å². The third-order valence-electron chi connectivity index (χ3n) is 2.47. The largest absolute Gasteiger partial charge is 0.465 e. The Morgan fingerprint density at radius 1 is 1.60 bits per heavy atom. The van der Waals surface area contributed by atoms with Gasteiger partial charge in [0.25, 0.3) is 0 Å². The normalized spacial score (nSPS) is 21.7. The molecule has 0 N–H and O–H groups in total. The van der Waals surface area contributed by atoms with Crippen molar-refractivity contribution in [2.45, 2.75) is 31.9 Å². The molecular formula is C11H20O3S. The molecule has 1 aliphatic heterocycles. The number of thioether (sulfide) groups is 1. The molecule has 1 aliphatic rings. The summed E-state index contributed by atoms with van der Waals surface area (Å²) in [5.74, 6) is 1.46. The summed E-state index contributed by atoms with van der Waals surface area (Å²) in [4.78, 5) is 11.6. The number of ether oxygens (including phenoxy) is 2. The van der Waals surface area contributed by atoms with E-state index in [-0.39, 0.29) is 5.97 Å². The molecule has 1 atom stereocenters. The van der Waals surface area contributed by atoms with Crippen LogP contribution in [-0.2, 0) is 14.3 Å². The van der Waals surface area contributed by atoms with Crippen LogP contribution in [0.15, 0.2) is 0 Å². The van der Waals surface area contributed by atoms with Gasteiger partial charge >= 0.3 is 5.97 Å². The van der Waals surface area contributed by atoms with E-state index in [2.05, 4.69) is 0 Å². The van der Waals surface area contributed by atoms with Crippen LogP contribution in [0.5, 0.6) is 0 Å². The third kappa shape index (κ3) is 4.03. The van der Waals surface area contributed by atoms with E-state index in [1.165, 1.54) is 0 Å². The topological polar surface area (TPSA) is 35.5 Å². The number of hydrogen-bond acceptors (Lipinski definition) is 4. The highest BCUT2D eigenvalue weighted by Crippen LogP contribution is 2.30. The van der Waals surface area contributed by atoms with Gasteiger partial charge in [-0.2, -0.15) is 0 Å². The van der Waals surface area contributed by atoms with Crippen molar-refractivity contribution in [3.8, 4) is 0 Å².